The van der Waals surface area contributed by atoms with E-state index in [1.807, 2.05) is 6.07 Å². The SMILES string of the molecule is COC(=O)CCN(CC#N)C(=O)C(C)C. The molecule has 0 aromatic carbocycles. The summed E-state index contributed by atoms with van der Waals surface area (Å²) in [6.07, 6.45) is 0.122. The molecule has 0 saturated carbocycles. The van der Waals surface area contributed by atoms with Crippen LogP contribution in [0.1, 0.15) is 20.3 Å². The van der Waals surface area contributed by atoms with E-state index in [-0.39, 0.29) is 37.3 Å². The van der Waals surface area contributed by atoms with Crippen LogP contribution in [-0.2, 0) is 14.3 Å². The van der Waals surface area contributed by atoms with Crippen LogP contribution in [-0.4, -0.2) is 37.0 Å². The van der Waals surface area contributed by atoms with Crippen LogP contribution in [0.3, 0.4) is 0 Å². The first-order valence-corrected chi connectivity index (χ1v) is 4.75. The second-order valence-electron chi connectivity index (χ2n) is 3.40. The van der Waals surface area contributed by atoms with Crippen molar-refractivity contribution in [1.29, 1.82) is 5.26 Å². The van der Waals surface area contributed by atoms with Gasteiger partial charge in [-0.3, -0.25) is 9.59 Å². The van der Waals surface area contributed by atoms with Crippen molar-refractivity contribution in [2.45, 2.75) is 20.3 Å². The molecule has 0 atom stereocenters. The Labute approximate surface area is 89.6 Å². The molecule has 0 saturated heterocycles. The first-order valence-electron chi connectivity index (χ1n) is 4.75. The minimum Gasteiger partial charge on any atom is -0.469 e. The van der Waals surface area contributed by atoms with E-state index in [1.165, 1.54) is 12.0 Å². The number of esters is 1. The fourth-order valence-electron chi connectivity index (χ4n) is 1.05. The third-order valence-corrected chi connectivity index (χ3v) is 1.88. The highest BCUT2D eigenvalue weighted by Gasteiger charge is 2.17. The van der Waals surface area contributed by atoms with E-state index in [9.17, 15) is 9.59 Å². The molecule has 0 heterocycles. The average Bonchev–Trinajstić information content (AvgIpc) is 2.22. The van der Waals surface area contributed by atoms with Gasteiger partial charge in [0.15, 0.2) is 0 Å². The Morgan fingerprint density at radius 1 is 1.47 bits per heavy atom. The van der Waals surface area contributed by atoms with Gasteiger partial charge < -0.3 is 9.64 Å². The van der Waals surface area contributed by atoms with Gasteiger partial charge in [-0.15, -0.1) is 0 Å². The van der Waals surface area contributed by atoms with Crippen molar-refractivity contribution in [3.63, 3.8) is 0 Å². The van der Waals surface area contributed by atoms with Crippen LogP contribution in [0.25, 0.3) is 0 Å². The highest BCUT2D eigenvalue weighted by molar-refractivity contribution is 5.79. The molecule has 15 heavy (non-hydrogen) atoms. The Bertz CT molecular complexity index is 268. The number of nitriles is 1. The zero-order valence-corrected chi connectivity index (χ0v) is 9.32. The van der Waals surface area contributed by atoms with Gasteiger partial charge in [-0.2, -0.15) is 5.26 Å². The normalized spacial score (nSPS) is 9.53. The Balaban J connectivity index is 4.23. The lowest BCUT2D eigenvalue weighted by molar-refractivity contribution is -0.142. The van der Waals surface area contributed by atoms with Crippen molar-refractivity contribution < 1.29 is 14.3 Å². The molecule has 0 spiro atoms. The summed E-state index contributed by atoms with van der Waals surface area (Å²) in [5.41, 5.74) is 0. The van der Waals surface area contributed by atoms with Crippen LogP contribution >= 0.6 is 0 Å². The van der Waals surface area contributed by atoms with Gasteiger partial charge in [0.25, 0.3) is 0 Å². The summed E-state index contributed by atoms with van der Waals surface area (Å²) in [5.74, 6) is -0.675. The number of hydrogen-bond acceptors (Lipinski definition) is 4. The summed E-state index contributed by atoms with van der Waals surface area (Å²) in [6.45, 7) is 3.75. The molecular formula is C10H16N2O3. The van der Waals surface area contributed by atoms with Crippen molar-refractivity contribution in [2.75, 3.05) is 20.2 Å². The van der Waals surface area contributed by atoms with E-state index in [4.69, 9.17) is 5.26 Å². The van der Waals surface area contributed by atoms with E-state index in [0.29, 0.717) is 0 Å². The third-order valence-electron chi connectivity index (χ3n) is 1.88. The van der Waals surface area contributed by atoms with Crippen molar-refractivity contribution >= 4 is 11.9 Å². The van der Waals surface area contributed by atoms with Gasteiger partial charge in [-0.25, -0.2) is 0 Å². The lowest BCUT2D eigenvalue weighted by Crippen LogP contribution is -2.36. The van der Waals surface area contributed by atoms with Crippen LogP contribution in [0.15, 0.2) is 0 Å². The predicted octanol–water partition coefficient (Wildman–Crippen LogP) is 0.558. The minimum atomic E-state index is -0.380. The summed E-state index contributed by atoms with van der Waals surface area (Å²) >= 11 is 0. The van der Waals surface area contributed by atoms with Crippen LogP contribution in [0.4, 0.5) is 0 Å². The molecule has 5 heteroatoms. The maximum Gasteiger partial charge on any atom is 0.307 e. The molecule has 0 aromatic heterocycles. The first kappa shape index (κ1) is 13.4. The average molecular weight is 212 g/mol. The number of ether oxygens (including phenoxy) is 1. The van der Waals surface area contributed by atoms with Crippen molar-refractivity contribution in [3.8, 4) is 6.07 Å². The van der Waals surface area contributed by atoms with Gasteiger partial charge in [-0.05, 0) is 0 Å². The second-order valence-corrected chi connectivity index (χ2v) is 3.40. The van der Waals surface area contributed by atoms with Crippen LogP contribution in [0.5, 0.6) is 0 Å². The smallest absolute Gasteiger partial charge is 0.307 e. The fourth-order valence-corrected chi connectivity index (χ4v) is 1.05. The van der Waals surface area contributed by atoms with Crippen molar-refractivity contribution in [3.05, 3.63) is 0 Å². The number of nitrogens with zero attached hydrogens (tertiary/aromatic N) is 2. The Morgan fingerprint density at radius 3 is 2.47 bits per heavy atom. The standard InChI is InChI=1S/C10H16N2O3/c1-8(2)10(14)12(7-5-11)6-4-9(13)15-3/h8H,4,6-7H2,1-3H3. The Hall–Kier alpha value is -1.57. The molecule has 0 aromatic rings. The van der Waals surface area contributed by atoms with E-state index < -0.39 is 0 Å². The number of rotatable bonds is 5. The summed E-state index contributed by atoms with van der Waals surface area (Å²) in [6, 6.07) is 1.90. The van der Waals surface area contributed by atoms with Crippen LogP contribution in [0, 0.1) is 17.2 Å². The molecule has 0 bridgehead atoms. The van der Waals surface area contributed by atoms with Gasteiger partial charge in [-0.1, -0.05) is 13.8 Å². The molecular weight excluding hydrogens is 196 g/mol. The van der Waals surface area contributed by atoms with E-state index in [1.54, 1.807) is 13.8 Å². The molecule has 84 valence electrons. The second kappa shape index (κ2) is 6.82. The zero-order valence-electron chi connectivity index (χ0n) is 9.32. The molecule has 0 fully saturated rings. The van der Waals surface area contributed by atoms with E-state index >= 15 is 0 Å². The zero-order chi connectivity index (χ0) is 11.8. The first-order chi connectivity index (χ1) is 7.02. The molecule has 0 rings (SSSR count). The number of methoxy groups -OCH3 is 1. The van der Waals surface area contributed by atoms with Crippen molar-refractivity contribution in [1.82, 2.24) is 4.90 Å². The molecule has 0 aliphatic carbocycles. The molecule has 0 aliphatic heterocycles. The molecule has 0 N–H and O–H groups in total. The lowest BCUT2D eigenvalue weighted by atomic mass is 10.2. The maximum atomic E-state index is 11.6. The summed E-state index contributed by atoms with van der Waals surface area (Å²) in [5, 5.41) is 8.53. The summed E-state index contributed by atoms with van der Waals surface area (Å²) < 4.78 is 4.46. The molecule has 0 radical (unpaired) electrons. The highest BCUT2D eigenvalue weighted by atomic mass is 16.5. The molecule has 1 amide bonds. The monoisotopic (exact) mass is 212 g/mol. The van der Waals surface area contributed by atoms with Gasteiger partial charge in [0.05, 0.1) is 19.6 Å². The van der Waals surface area contributed by atoms with Gasteiger partial charge in [0.1, 0.15) is 6.54 Å². The number of carbonyl (C=O) groups excluding carboxylic acids is 2. The fraction of sp³-hybridized carbons (Fsp3) is 0.700. The largest absolute Gasteiger partial charge is 0.469 e. The Morgan fingerprint density at radius 2 is 2.07 bits per heavy atom. The Kier molecular flexibility index (Phi) is 6.11. The molecule has 0 aliphatic rings. The summed E-state index contributed by atoms with van der Waals surface area (Å²) in [4.78, 5) is 23.8. The maximum absolute atomic E-state index is 11.6. The summed E-state index contributed by atoms with van der Waals surface area (Å²) in [7, 11) is 1.29. The topological polar surface area (TPSA) is 70.4 Å². The van der Waals surface area contributed by atoms with E-state index in [0.717, 1.165) is 0 Å². The number of carbonyl (C=O) groups is 2. The predicted molar refractivity (Wildman–Crippen MR) is 53.7 cm³/mol. The number of amides is 1. The van der Waals surface area contributed by atoms with Crippen LogP contribution < -0.4 is 0 Å². The molecule has 5 nitrogen and oxygen atoms in total. The van der Waals surface area contributed by atoms with E-state index in [2.05, 4.69) is 4.74 Å². The van der Waals surface area contributed by atoms with Gasteiger partial charge in [0.2, 0.25) is 5.91 Å². The van der Waals surface area contributed by atoms with Gasteiger partial charge in [0, 0.05) is 12.5 Å². The molecule has 0 unspecified atom stereocenters. The lowest BCUT2D eigenvalue weighted by Gasteiger charge is -2.20. The quantitative estimate of drug-likeness (QED) is 0.493. The minimum absolute atomic E-state index is 0.00794. The number of hydrogen-bond donors (Lipinski definition) is 0. The highest BCUT2D eigenvalue weighted by Crippen LogP contribution is 2.02. The van der Waals surface area contributed by atoms with Crippen LogP contribution in [0.2, 0.25) is 0 Å². The van der Waals surface area contributed by atoms with Crippen molar-refractivity contribution in [2.24, 2.45) is 5.92 Å². The van der Waals surface area contributed by atoms with Gasteiger partial charge >= 0.3 is 5.97 Å². The third kappa shape index (κ3) is 5.01.